The second-order valence-electron chi connectivity index (χ2n) is 5.48. The van der Waals surface area contributed by atoms with E-state index in [0.717, 1.165) is 38.0 Å². The van der Waals surface area contributed by atoms with Gasteiger partial charge in [-0.1, -0.05) is 6.42 Å². The Kier molecular flexibility index (Phi) is 3.81. The molecule has 0 amide bonds. The van der Waals surface area contributed by atoms with Crippen molar-refractivity contribution in [3.63, 3.8) is 0 Å². The fourth-order valence-corrected chi connectivity index (χ4v) is 3.74. The highest BCUT2D eigenvalue weighted by molar-refractivity contribution is 7.90. The Balaban J connectivity index is 1.89. The number of rotatable bonds is 4. The molecule has 0 aromatic carbocycles. The third-order valence-corrected chi connectivity index (χ3v) is 5.03. The number of H-pyrrole nitrogens is 2. The number of nitrogens with one attached hydrogen (secondary N) is 2. The quantitative estimate of drug-likeness (QED) is 0.886. The van der Waals surface area contributed by atoms with Crippen molar-refractivity contribution in [3.05, 3.63) is 30.1 Å². The SMILES string of the molecule is CS(=O)(=O)c1cn[nH]c1[C@H]1CCCCN1Cc1cnc[nH]1. The number of aromatic nitrogens is 4. The molecule has 1 saturated heterocycles. The zero-order valence-corrected chi connectivity index (χ0v) is 12.7. The van der Waals surface area contributed by atoms with E-state index in [-0.39, 0.29) is 6.04 Å². The van der Waals surface area contributed by atoms with Gasteiger partial charge in [0.05, 0.1) is 24.3 Å². The first kappa shape index (κ1) is 14.3. The van der Waals surface area contributed by atoms with Gasteiger partial charge in [-0.15, -0.1) is 0 Å². The molecule has 0 spiro atoms. The Morgan fingerprint density at radius 2 is 2.24 bits per heavy atom. The van der Waals surface area contributed by atoms with E-state index in [2.05, 4.69) is 25.1 Å². The summed E-state index contributed by atoms with van der Waals surface area (Å²) in [6.07, 6.45) is 9.23. The maximum atomic E-state index is 11.9. The molecule has 8 heteroatoms. The molecule has 1 atom stereocenters. The number of likely N-dealkylation sites (tertiary alicyclic amines) is 1. The summed E-state index contributed by atoms with van der Waals surface area (Å²) in [5, 5.41) is 6.84. The van der Waals surface area contributed by atoms with E-state index >= 15 is 0 Å². The van der Waals surface area contributed by atoms with Crippen LogP contribution >= 0.6 is 0 Å². The molecular weight excluding hydrogens is 290 g/mol. The number of hydrogen-bond acceptors (Lipinski definition) is 5. The first-order chi connectivity index (χ1) is 10.1. The summed E-state index contributed by atoms with van der Waals surface area (Å²) >= 11 is 0. The van der Waals surface area contributed by atoms with Crippen LogP contribution in [-0.2, 0) is 16.4 Å². The van der Waals surface area contributed by atoms with Gasteiger partial charge in [0.2, 0.25) is 0 Å². The van der Waals surface area contributed by atoms with Crippen molar-refractivity contribution in [1.29, 1.82) is 0 Å². The molecule has 0 aliphatic carbocycles. The Morgan fingerprint density at radius 1 is 1.38 bits per heavy atom. The molecule has 0 saturated carbocycles. The molecule has 2 N–H and O–H groups in total. The molecule has 1 fully saturated rings. The van der Waals surface area contributed by atoms with Crippen LogP contribution < -0.4 is 0 Å². The number of aromatic amines is 2. The molecule has 0 unspecified atom stereocenters. The number of piperidine rings is 1. The topological polar surface area (TPSA) is 94.7 Å². The lowest BCUT2D eigenvalue weighted by Gasteiger charge is -2.35. The standard InChI is InChI=1S/C13H19N5O2S/c1-21(19,20)12-7-16-17-13(12)11-4-2-3-5-18(11)8-10-6-14-9-15-10/h6-7,9,11H,2-5,8H2,1H3,(H,14,15)(H,16,17)/t11-/m1/s1. The number of imidazole rings is 1. The van der Waals surface area contributed by atoms with Gasteiger partial charge in [-0.3, -0.25) is 10.00 Å². The minimum absolute atomic E-state index is 0.0503. The maximum Gasteiger partial charge on any atom is 0.178 e. The lowest BCUT2D eigenvalue weighted by Crippen LogP contribution is -2.34. The predicted octanol–water partition coefficient (Wildman–Crippen LogP) is 1.26. The van der Waals surface area contributed by atoms with Crippen LogP contribution in [0.3, 0.4) is 0 Å². The smallest absolute Gasteiger partial charge is 0.178 e. The lowest BCUT2D eigenvalue weighted by atomic mass is 9.99. The molecule has 2 aromatic heterocycles. The van der Waals surface area contributed by atoms with Crippen LogP contribution in [0.5, 0.6) is 0 Å². The third kappa shape index (κ3) is 3.01. The Labute approximate surface area is 123 Å². The van der Waals surface area contributed by atoms with Crippen molar-refractivity contribution in [3.8, 4) is 0 Å². The normalized spacial score (nSPS) is 20.7. The molecule has 1 aliphatic rings. The third-order valence-electron chi connectivity index (χ3n) is 3.91. The second kappa shape index (κ2) is 5.61. The molecule has 1 aliphatic heterocycles. The molecular formula is C13H19N5O2S. The highest BCUT2D eigenvalue weighted by Gasteiger charge is 2.30. The molecule has 2 aromatic rings. The second-order valence-corrected chi connectivity index (χ2v) is 7.46. The molecule has 7 nitrogen and oxygen atoms in total. The van der Waals surface area contributed by atoms with Crippen LogP contribution in [-0.4, -0.2) is 46.3 Å². The number of hydrogen-bond donors (Lipinski definition) is 2. The summed E-state index contributed by atoms with van der Waals surface area (Å²) in [6.45, 7) is 1.67. The number of nitrogens with zero attached hydrogens (tertiary/aromatic N) is 3. The van der Waals surface area contributed by atoms with E-state index in [1.165, 1.54) is 12.5 Å². The van der Waals surface area contributed by atoms with Gasteiger partial charge in [0, 0.05) is 24.7 Å². The van der Waals surface area contributed by atoms with Gasteiger partial charge >= 0.3 is 0 Å². The van der Waals surface area contributed by atoms with Gasteiger partial charge in [-0.2, -0.15) is 5.10 Å². The minimum Gasteiger partial charge on any atom is -0.347 e. The van der Waals surface area contributed by atoms with Crippen molar-refractivity contribution in [1.82, 2.24) is 25.1 Å². The largest absolute Gasteiger partial charge is 0.347 e. The zero-order chi connectivity index (χ0) is 14.9. The van der Waals surface area contributed by atoms with Crippen LogP contribution in [0.15, 0.2) is 23.6 Å². The summed E-state index contributed by atoms with van der Waals surface area (Å²) in [6, 6.07) is 0.0503. The summed E-state index contributed by atoms with van der Waals surface area (Å²) in [5.74, 6) is 0. The average Bonchev–Trinajstić information content (AvgIpc) is 3.08. The monoisotopic (exact) mass is 309 g/mol. The van der Waals surface area contributed by atoms with E-state index in [9.17, 15) is 8.42 Å². The maximum absolute atomic E-state index is 11.9. The van der Waals surface area contributed by atoms with Crippen LogP contribution in [0.2, 0.25) is 0 Å². The fourth-order valence-electron chi connectivity index (χ4n) is 2.92. The summed E-state index contributed by atoms with van der Waals surface area (Å²) in [5.41, 5.74) is 1.74. The summed E-state index contributed by atoms with van der Waals surface area (Å²) < 4.78 is 23.8. The van der Waals surface area contributed by atoms with Gasteiger partial charge in [-0.25, -0.2) is 13.4 Å². The molecule has 3 heterocycles. The van der Waals surface area contributed by atoms with Gasteiger partial charge in [-0.05, 0) is 19.4 Å². The van der Waals surface area contributed by atoms with Crippen LogP contribution in [0, 0.1) is 0 Å². The van der Waals surface area contributed by atoms with Gasteiger partial charge in [0.25, 0.3) is 0 Å². The summed E-state index contributed by atoms with van der Waals surface area (Å²) in [4.78, 5) is 9.72. The first-order valence-corrected chi connectivity index (χ1v) is 8.89. The average molecular weight is 309 g/mol. The van der Waals surface area contributed by atoms with E-state index in [0.29, 0.717) is 10.6 Å². The van der Waals surface area contributed by atoms with Gasteiger partial charge in [0.15, 0.2) is 9.84 Å². The zero-order valence-electron chi connectivity index (χ0n) is 11.9. The van der Waals surface area contributed by atoms with Gasteiger partial charge in [0.1, 0.15) is 4.90 Å². The number of sulfone groups is 1. The van der Waals surface area contributed by atoms with Gasteiger partial charge < -0.3 is 4.98 Å². The highest BCUT2D eigenvalue weighted by Crippen LogP contribution is 2.33. The van der Waals surface area contributed by atoms with Crippen molar-refractivity contribution >= 4 is 9.84 Å². The molecule has 21 heavy (non-hydrogen) atoms. The Hall–Kier alpha value is -1.67. The van der Waals surface area contributed by atoms with E-state index in [1.54, 1.807) is 12.5 Å². The predicted molar refractivity (Wildman–Crippen MR) is 77.3 cm³/mol. The lowest BCUT2D eigenvalue weighted by molar-refractivity contribution is 0.133. The highest BCUT2D eigenvalue weighted by atomic mass is 32.2. The van der Waals surface area contributed by atoms with Crippen molar-refractivity contribution < 1.29 is 8.42 Å². The first-order valence-electron chi connectivity index (χ1n) is 7.00. The molecule has 114 valence electrons. The molecule has 0 radical (unpaired) electrons. The summed E-state index contributed by atoms with van der Waals surface area (Å²) in [7, 11) is -3.27. The molecule has 3 rings (SSSR count). The Bertz CT molecular complexity index is 692. The van der Waals surface area contributed by atoms with E-state index < -0.39 is 9.84 Å². The van der Waals surface area contributed by atoms with Crippen molar-refractivity contribution in [2.24, 2.45) is 0 Å². The van der Waals surface area contributed by atoms with Crippen molar-refractivity contribution in [2.75, 3.05) is 12.8 Å². The minimum atomic E-state index is -3.27. The van der Waals surface area contributed by atoms with Crippen LogP contribution in [0.1, 0.15) is 36.7 Å². The van der Waals surface area contributed by atoms with E-state index in [1.807, 2.05) is 0 Å². The van der Waals surface area contributed by atoms with Crippen LogP contribution in [0.25, 0.3) is 0 Å². The fraction of sp³-hybridized carbons (Fsp3) is 0.538. The Morgan fingerprint density at radius 3 is 2.95 bits per heavy atom. The molecule has 0 bridgehead atoms. The van der Waals surface area contributed by atoms with E-state index in [4.69, 9.17) is 0 Å². The van der Waals surface area contributed by atoms with Crippen molar-refractivity contribution in [2.45, 2.75) is 36.7 Å². The van der Waals surface area contributed by atoms with Crippen LogP contribution in [0.4, 0.5) is 0 Å².